The van der Waals surface area contributed by atoms with Crippen molar-refractivity contribution in [3.05, 3.63) is 17.3 Å². The molecular weight excluding hydrogens is 308 g/mol. The van der Waals surface area contributed by atoms with Crippen LogP contribution in [-0.4, -0.2) is 52.4 Å². The van der Waals surface area contributed by atoms with Gasteiger partial charge in [0.25, 0.3) is 0 Å². The number of nitrogens with one attached hydrogen (secondary N) is 1. The maximum atomic E-state index is 12.3. The van der Waals surface area contributed by atoms with Crippen molar-refractivity contribution in [1.29, 1.82) is 0 Å². The molecule has 7 nitrogen and oxygen atoms in total. The number of urea groups is 1. The Kier molecular flexibility index (Phi) is 5.06. The highest BCUT2D eigenvalue weighted by Gasteiger charge is 2.31. The number of carbonyl (C=O) groups is 2. The predicted molar refractivity (Wildman–Crippen MR) is 88.4 cm³/mol. The molecule has 0 atom stereocenters. The van der Waals surface area contributed by atoms with Crippen LogP contribution < -0.4 is 5.32 Å². The molecule has 0 spiro atoms. The Morgan fingerprint density at radius 3 is 2.67 bits per heavy atom. The fourth-order valence-electron chi connectivity index (χ4n) is 3.51. The van der Waals surface area contributed by atoms with Gasteiger partial charge in [0.05, 0.1) is 12.2 Å². The van der Waals surface area contributed by atoms with Gasteiger partial charge in [0.1, 0.15) is 5.76 Å². The molecule has 1 aromatic rings. The van der Waals surface area contributed by atoms with Crippen molar-refractivity contribution < 1.29 is 14.0 Å². The molecule has 3 rings (SSSR count). The molecule has 1 N–H and O–H groups in total. The number of carbonyl (C=O) groups excluding carboxylic acids is 2. The van der Waals surface area contributed by atoms with E-state index in [1.54, 1.807) is 0 Å². The molecule has 0 saturated carbocycles. The molecule has 0 unspecified atom stereocenters. The molecule has 0 bridgehead atoms. The molecule has 1 aromatic heterocycles. The second-order valence-corrected chi connectivity index (χ2v) is 6.54. The van der Waals surface area contributed by atoms with E-state index in [2.05, 4.69) is 10.3 Å². The Morgan fingerprint density at radius 1 is 1.33 bits per heavy atom. The van der Waals surface area contributed by atoms with Crippen LogP contribution in [0.5, 0.6) is 0 Å². The van der Waals surface area contributed by atoms with Gasteiger partial charge in [0.2, 0.25) is 5.91 Å². The Balaban J connectivity index is 1.46. The zero-order valence-corrected chi connectivity index (χ0v) is 14.5. The van der Waals surface area contributed by atoms with Gasteiger partial charge < -0.3 is 19.5 Å². The van der Waals surface area contributed by atoms with Crippen LogP contribution in [0.4, 0.5) is 4.79 Å². The van der Waals surface area contributed by atoms with Crippen LogP contribution in [-0.2, 0) is 17.8 Å². The number of aryl methyl sites for hydroxylation is 2. The third-order valence-electron chi connectivity index (χ3n) is 4.94. The largest absolute Gasteiger partial charge is 0.444 e. The minimum atomic E-state index is -0.0740. The molecule has 0 radical (unpaired) electrons. The molecule has 2 fully saturated rings. The van der Waals surface area contributed by atoms with Crippen LogP contribution in [0.2, 0.25) is 0 Å². The van der Waals surface area contributed by atoms with E-state index in [0.717, 1.165) is 43.7 Å². The molecule has 3 heterocycles. The molecule has 132 valence electrons. The normalized spacial score (nSPS) is 19.2. The summed E-state index contributed by atoms with van der Waals surface area (Å²) in [6.45, 7) is 6.50. The van der Waals surface area contributed by atoms with Gasteiger partial charge in [0, 0.05) is 38.5 Å². The lowest BCUT2D eigenvalue weighted by atomic mass is 10.0. The first-order valence-electron chi connectivity index (χ1n) is 8.86. The topological polar surface area (TPSA) is 78.7 Å². The molecule has 0 aromatic carbocycles. The maximum Gasteiger partial charge on any atom is 0.317 e. The average molecular weight is 334 g/mol. The smallest absolute Gasteiger partial charge is 0.317 e. The van der Waals surface area contributed by atoms with Crippen LogP contribution in [0, 0.1) is 6.92 Å². The zero-order valence-electron chi connectivity index (χ0n) is 14.5. The van der Waals surface area contributed by atoms with Crippen LogP contribution >= 0.6 is 0 Å². The van der Waals surface area contributed by atoms with E-state index in [9.17, 15) is 9.59 Å². The fraction of sp³-hybridized carbons (Fsp3) is 0.706. The van der Waals surface area contributed by atoms with Crippen molar-refractivity contribution in [2.24, 2.45) is 0 Å². The van der Waals surface area contributed by atoms with Crippen LogP contribution in [0.3, 0.4) is 0 Å². The van der Waals surface area contributed by atoms with Crippen LogP contribution in [0.25, 0.3) is 0 Å². The predicted octanol–water partition coefficient (Wildman–Crippen LogP) is 1.84. The molecular formula is C17H26N4O3. The molecule has 0 aliphatic carbocycles. The van der Waals surface area contributed by atoms with E-state index < -0.39 is 0 Å². The lowest BCUT2D eigenvalue weighted by molar-refractivity contribution is -0.130. The van der Waals surface area contributed by atoms with Crippen LogP contribution in [0.1, 0.15) is 50.0 Å². The highest BCUT2D eigenvalue weighted by Crippen LogP contribution is 2.22. The first-order chi connectivity index (χ1) is 11.6. The SMILES string of the molecule is CCc1nc(C)c(CNC(=O)N2CCC(N3CCCC3=O)CC2)o1. The third-order valence-corrected chi connectivity index (χ3v) is 4.94. The van der Waals surface area contributed by atoms with Gasteiger partial charge in [-0.2, -0.15) is 0 Å². The average Bonchev–Trinajstić information content (AvgIpc) is 3.18. The summed E-state index contributed by atoms with van der Waals surface area (Å²) >= 11 is 0. The van der Waals surface area contributed by atoms with Gasteiger partial charge in [-0.25, -0.2) is 9.78 Å². The van der Waals surface area contributed by atoms with Crippen molar-refractivity contribution in [3.63, 3.8) is 0 Å². The summed E-state index contributed by atoms with van der Waals surface area (Å²) in [5.74, 6) is 1.69. The molecule has 2 saturated heterocycles. The number of hydrogen-bond acceptors (Lipinski definition) is 4. The Labute approximate surface area is 142 Å². The van der Waals surface area contributed by atoms with Crippen molar-refractivity contribution in [3.8, 4) is 0 Å². The van der Waals surface area contributed by atoms with Crippen molar-refractivity contribution >= 4 is 11.9 Å². The number of rotatable bonds is 4. The summed E-state index contributed by atoms with van der Waals surface area (Å²) in [4.78, 5) is 32.3. The minimum absolute atomic E-state index is 0.0740. The Hall–Kier alpha value is -2.05. The van der Waals surface area contributed by atoms with E-state index in [-0.39, 0.29) is 11.9 Å². The zero-order chi connectivity index (χ0) is 17.1. The third kappa shape index (κ3) is 3.55. The lowest BCUT2D eigenvalue weighted by Gasteiger charge is -2.36. The molecule has 3 amide bonds. The molecule has 24 heavy (non-hydrogen) atoms. The Bertz CT molecular complexity index is 605. The van der Waals surface area contributed by atoms with Crippen molar-refractivity contribution in [2.75, 3.05) is 19.6 Å². The number of amides is 3. The monoisotopic (exact) mass is 334 g/mol. The highest BCUT2D eigenvalue weighted by atomic mass is 16.4. The number of oxazole rings is 1. The van der Waals surface area contributed by atoms with Crippen molar-refractivity contribution in [1.82, 2.24) is 20.1 Å². The van der Waals surface area contributed by atoms with Gasteiger partial charge in [-0.1, -0.05) is 6.92 Å². The number of aromatic nitrogens is 1. The first kappa shape index (κ1) is 16.8. The number of likely N-dealkylation sites (tertiary alicyclic amines) is 2. The quantitative estimate of drug-likeness (QED) is 0.911. The molecule has 2 aliphatic rings. The second kappa shape index (κ2) is 7.23. The van der Waals surface area contributed by atoms with Gasteiger partial charge in [0.15, 0.2) is 5.89 Å². The minimum Gasteiger partial charge on any atom is -0.444 e. The summed E-state index contributed by atoms with van der Waals surface area (Å²) in [5.41, 5.74) is 0.832. The summed E-state index contributed by atoms with van der Waals surface area (Å²) in [6.07, 6.45) is 4.12. The fourth-order valence-corrected chi connectivity index (χ4v) is 3.51. The van der Waals surface area contributed by atoms with Gasteiger partial charge >= 0.3 is 6.03 Å². The maximum absolute atomic E-state index is 12.3. The Morgan fingerprint density at radius 2 is 2.08 bits per heavy atom. The lowest BCUT2D eigenvalue weighted by Crippen LogP contribution is -2.49. The first-order valence-corrected chi connectivity index (χ1v) is 8.86. The number of hydrogen-bond donors (Lipinski definition) is 1. The van der Waals surface area contributed by atoms with Gasteiger partial charge in [-0.05, 0) is 26.2 Å². The summed E-state index contributed by atoms with van der Waals surface area (Å²) in [7, 11) is 0. The number of nitrogens with zero attached hydrogens (tertiary/aromatic N) is 3. The van der Waals surface area contributed by atoms with E-state index >= 15 is 0 Å². The standard InChI is InChI=1S/C17H26N4O3/c1-3-15-19-12(2)14(24-15)11-18-17(23)20-9-6-13(7-10-20)21-8-4-5-16(21)22/h13H,3-11H2,1-2H3,(H,18,23). The van der Waals surface area contributed by atoms with Gasteiger partial charge in [-0.3, -0.25) is 4.79 Å². The highest BCUT2D eigenvalue weighted by molar-refractivity contribution is 5.78. The second-order valence-electron chi connectivity index (χ2n) is 6.54. The molecule has 7 heteroatoms. The summed E-state index contributed by atoms with van der Waals surface area (Å²) in [5, 5.41) is 2.91. The van der Waals surface area contributed by atoms with Crippen LogP contribution in [0.15, 0.2) is 4.42 Å². The summed E-state index contributed by atoms with van der Waals surface area (Å²) in [6, 6.07) is 0.225. The van der Waals surface area contributed by atoms with E-state index in [4.69, 9.17) is 4.42 Å². The van der Waals surface area contributed by atoms with E-state index in [1.165, 1.54) is 0 Å². The van der Waals surface area contributed by atoms with E-state index in [0.29, 0.717) is 38.0 Å². The summed E-state index contributed by atoms with van der Waals surface area (Å²) < 4.78 is 5.61. The molecule has 2 aliphatic heterocycles. The van der Waals surface area contributed by atoms with Crippen molar-refractivity contribution in [2.45, 2.75) is 58.5 Å². The van der Waals surface area contributed by atoms with E-state index in [1.807, 2.05) is 23.6 Å². The number of piperidine rings is 1. The van der Waals surface area contributed by atoms with Gasteiger partial charge in [-0.15, -0.1) is 0 Å².